The Morgan fingerprint density at radius 2 is 2.15 bits per heavy atom. The van der Waals surface area contributed by atoms with Gasteiger partial charge in [0.2, 0.25) is 10.0 Å². The zero-order valence-electron chi connectivity index (χ0n) is 12.2. The molecule has 7 heteroatoms. The number of nitrogens with zero attached hydrogens (tertiary/aromatic N) is 1. The van der Waals surface area contributed by atoms with Gasteiger partial charge in [-0.05, 0) is 19.5 Å². The molecule has 1 aliphatic heterocycles. The third kappa shape index (κ3) is 3.76. The summed E-state index contributed by atoms with van der Waals surface area (Å²) in [5.74, 6) is 0.861. The smallest absolute Gasteiger partial charge is 0.243 e. The number of hydrogen-bond acceptors (Lipinski definition) is 5. The molecule has 1 fully saturated rings. The lowest BCUT2D eigenvalue weighted by atomic mass is 10.1. The molecule has 2 heterocycles. The van der Waals surface area contributed by atoms with Crippen LogP contribution in [0.3, 0.4) is 0 Å². The molecule has 1 aliphatic rings. The summed E-state index contributed by atoms with van der Waals surface area (Å²) in [6, 6.07) is 1.79. The second-order valence-corrected chi connectivity index (χ2v) is 10.3. The van der Waals surface area contributed by atoms with E-state index in [0.29, 0.717) is 24.5 Å². The van der Waals surface area contributed by atoms with Crippen LogP contribution in [-0.2, 0) is 16.6 Å². The highest BCUT2D eigenvalue weighted by molar-refractivity contribution is 8.00. The Labute approximate surface area is 130 Å². The van der Waals surface area contributed by atoms with Crippen LogP contribution in [0.2, 0.25) is 0 Å². The molecule has 1 aromatic rings. The van der Waals surface area contributed by atoms with Crippen molar-refractivity contribution in [2.45, 2.75) is 36.5 Å². The van der Waals surface area contributed by atoms with Crippen LogP contribution in [-0.4, -0.2) is 43.4 Å². The predicted molar refractivity (Wildman–Crippen MR) is 87.0 cm³/mol. The molecule has 0 aromatic carbocycles. The normalized spacial score (nSPS) is 20.8. The molecule has 0 saturated carbocycles. The van der Waals surface area contributed by atoms with Crippen LogP contribution >= 0.6 is 23.1 Å². The van der Waals surface area contributed by atoms with Crippen molar-refractivity contribution in [1.29, 1.82) is 0 Å². The molecule has 0 atom stereocenters. The van der Waals surface area contributed by atoms with Crippen LogP contribution in [0.4, 0.5) is 0 Å². The van der Waals surface area contributed by atoms with Gasteiger partial charge in [-0.1, -0.05) is 13.8 Å². The third-order valence-electron chi connectivity index (χ3n) is 3.42. The Bertz CT molecular complexity index is 552. The monoisotopic (exact) mass is 334 g/mol. The minimum absolute atomic E-state index is 0.163. The molecular formula is C13H22N2O2S3. The van der Waals surface area contributed by atoms with Crippen molar-refractivity contribution in [1.82, 2.24) is 9.62 Å². The fourth-order valence-electron chi connectivity index (χ4n) is 2.15. The fourth-order valence-corrected chi connectivity index (χ4v) is 6.09. The predicted octanol–water partition coefficient (Wildman–Crippen LogP) is 2.37. The van der Waals surface area contributed by atoms with Crippen LogP contribution in [0, 0.1) is 0 Å². The van der Waals surface area contributed by atoms with Gasteiger partial charge in [-0.15, -0.1) is 11.3 Å². The SMILES string of the molecule is CNCc1cc(S(=O)(=O)N2CCSC(C)(C)CC2)cs1. The first-order valence-corrected chi connectivity index (χ1v) is 10.0. The van der Waals surface area contributed by atoms with E-state index in [1.807, 2.05) is 18.8 Å². The molecule has 2 rings (SSSR count). The molecule has 1 saturated heterocycles. The Hall–Kier alpha value is -0.0800. The Morgan fingerprint density at radius 1 is 1.40 bits per heavy atom. The fraction of sp³-hybridized carbons (Fsp3) is 0.692. The van der Waals surface area contributed by atoms with Crippen molar-refractivity contribution < 1.29 is 8.42 Å². The van der Waals surface area contributed by atoms with Gasteiger partial charge in [0.15, 0.2) is 0 Å². The van der Waals surface area contributed by atoms with Gasteiger partial charge in [-0.2, -0.15) is 16.1 Å². The van der Waals surface area contributed by atoms with Crippen LogP contribution in [0.5, 0.6) is 0 Å². The van der Waals surface area contributed by atoms with Crippen molar-refractivity contribution in [2.75, 3.05) is 25.9 Å². The molecule has 1 aromatic heterocycles. The molecule has 0 amide bonds. The average molecular weight is 335 g/mol. The molecule has 20 heavy (non-hydrogen) atoms. The molecule has 0 radical (unpaired) electrons. The summed E-state index contributed by atoms with van der Waals surface area (Å²) in [4.78, 5) is 1.49. The van der Waals surface area contributed by atoms with E-state index in [4.69, 9.17) is 0 Å². The van der Waals surface area contributed by atoms with Gasteiger partial charge in [0.05, 0.1) is 4.90 Å². The maximum absolute atomic E-state index is 12.7. The summed E-state index contributed by atoms with van der Waals surface area (Å²) in [6.45, 7) is 6.29. The van der Waals surface area contributed by atoms with E-state index >= 15 is 0 Å². The number of sulfonamides is 1. The van der Waals surface area contributed by atoms with Gasteiger partial charge in [0.25, 0.3) is 0 Å². The van der Waals surface area contributed by atoms with Crippen LogP contribution in [0.25, 0.3) is 0 Å². The van der Waals surface area contributed by atoms with E-state index in [1.54, 1.807) is 15.8 Å². The zero-order chi connectivity index (χ0) is 14.8. The van der Waals surface area contributed by atoms with Gasteiger partial charge < -0.3 is 5.32 Å². The first-order valence-electron chi connectivity index (χ1n) is 6.71. The molecular weight excluding hydrogens is 312 g/mol. The zero-order valence-corrected chi connectivity index (χ0v) is 14.6. The van der Waals surface area contributed by atoms with Gasteiger partial charge >= 0.3 is 0 Å². The number of thiophene rings is 1. The largest absolute Gasteiger partial charge is 0.315 e. The lowest BCUT2D eigenvalue weighted by Crippen LogP contribution is -2.33. The van der Waals surface area contributed by atoms with Gasteiger partial charge in [0.1, 0.15) is 0 Å². The summed E-state index contributed by atoms with van der Waals surface area (Å²) in [6.07, 6.45) is 0.893. The quantitative estimate of drug-likeness (QED) is 0.918. The van der Waals surface area contributed by atoms with Gasteiger partial charge in [0, 0.05) is 40.4 Å². The third-order valence-corrected chi connectivity index (χ3v) is 7.75. The van der Waals surface area contributed by atoms with Gasteiger partial charge in [-0.25, -0.2) is 8.42 Å². The van der Waals surface area contributed by atoms with E-state index in [-0.39, 0.29) is 4.75 Å². The summed E-state index contributed by atoms with van der Waals surface area (Å²) in [7, 11) is -1.47. The van der Waals surface area contributed by atoms with Crippen molar-refractivity contribution >= 4 is 33.1 Å². The molecule has 0 aliphatic carbocycles. The number of rotatable bonds is 4. The van der Waals surface area contributed by atoms with Crippen molar-refractivity contribution in [3.63, 3.8) is 0 Å². The first-order chi connectivity index (χ1) is 9.35. The minimum Gasteiger partial charge on any atom is -0.315 e. The molecule has 0 unspecified atom stereocenters. The number of thioether (sulfide) groups is 1. The lowest BCUT2D eigenvalue weighted by Gasteiger charge is -2.22. The summed E-state index contributed by atoms with van der Waals surface area (Å²) < 4.78 is 27.1. The minimum atomic E-state index is -3.33. The van der Waals surface area contributed by atoms with Crippen LogP contribution < -0.4 is 5.32 Å². The van der Waals surface area contributed by atoms with Gasteiger partial charge in [-0.3, -0.25) is 0 Å². The van der Waals surface area contributed by atoms with Crippen LogP contribution in [0.15, 0.2) is 16.3 Å². The number of hydrogen-bond donors (Lipinski definition) is 1. The average Bonchev–Trinajstić information content (AvgIpc) is 2.75. The second kappa shape index (κ2) is 6.36. The first kappa shape index (κ1) is 16.3. The maximum atomic E-state index is 12.7. The molecule has 114 valence electrons. The number of nitrogens with one attached hydrogen (secondary N) is 1. The van der Waals surface area contributed by atoms with Crippen molar-refractivity contribution in [2.24, 2.45) is 0 Å². The highest BCUT2D eigenvalue weighted by Gasteiger charge is 2.31. The molecule has 0 bridgehead atoms. The topological polar surface area (TPSA) is 49.4 Å². The Kier molecular flexibility index (Phi) is 5.18. The molecule has 1 N–H and O–H groups in total. The lowest BCUT2D eigenvalue weighted by molar-refractivity contribution is 0.415. The van der Waals surface area contributed by atoms with E-state index in [0.717, 1.165) is 17.1 Å². The van der Waals surface area contributed by atoms with E-state index in [9.17, 15) is 8.42 Å². The second-order valence-electron chi connectivity index (χ2n) is 5.54. The molecule has 0 spiro atoms. The van der Waals surface area contributed by atoms with E-state index < -0.39 is 10.0 Å². The Morgan fingerprint density at radius 3 is 2.85 bits per heavy atom. The highest BCUT2D eigenvalue weighted by atomic mass is 32.2. The van der Waals surface area contributed by atoms with Crippen molar-refractivity contribution in [3.05, 3.63) is 16.3 Å². The summed E-state index contributed by atoms with van der Waals surface area (Å²) in [5, 5.41) is 4.80. The van der Waals surface area contributed by atoms with Crippen molar-refractivity contribution in [3.8, 4) is 0 Å². The molecule has 4 nitrogen and oxygen atoms in total. The summed E-state index contributed by atoms with van der Waals surface area (Å²) in [5.41, 5.74) is 0. The van der Waals surface area contributed by atoms with E-state index in [1.165, 1.54) is 11.3 Å². The van der Waals surface area contributed by atoms with Crippen LogP contribution in [0.1, 0.15) is 25.1 Å². The standard InChI is InChI=1S/C13H22N2O2S3/c1-13(2)4-5-15(6-7-19-13)20(16,17)12-8-11(9-14-3)18-10-12/h8,10,14H,4-7,9H2,1-3H3. The highest BCUT2D eigenvalue weighted by Crippen LogP contribution is 2.33. The summed E-state index contributed by atoms with van der Waals surface area (Å²) >= 11 is 3.35. The maximum Gasteiger partial charge on any atom is 0.243 e. The van der Waals surface area contributed by atoms with E-state index in [2.05, 4.69) is 19.2 Å². The Balaban J connectivity index is 2.16.